The van der Waals surface area contributed by atoms with E-state index in [2.05, 4.69) is 35.9 Å². The van der Waals surface area contributed by atoms with Crippen molar-refractivity contribution in [1.29, 1.82) is 0 Å². The predicted molar refractivity (Wildman–Crippen MR) is 71.1 cm³/mol. The van der Waals surface area contributed by atoms with E-state index in [0.29, 0.717) is 5.92 Å². The number of aromatic nitrogens is 2. The topological polar surface area (TPSA) is 25.8 Å². The Labute approximate surface area is 100 Å². The van der Waals surface area contributed by atoms with Crippen LogP contribution in [0.15, 0.2) is 42.7 Å². The first-order valence-corrected chi connectivity index (χ1v) is 5.89. The minimum absolute atomic E-state index is 0.499. The zero-order valence-corrected chi connectivity index (χ0v) is 10.0. The van der Waals surface area contributed by atoms with E-state index in [1.54, 1.807) is 0 Å². The average Bonchev–Trinajstić information content (AvgIpc) is 2.38. The molecule has 0 unspecified atom stereocenters. The number of hydrogen-bond acceptors (Lipinski definition) is 2. The minimum Gasteiger partial charge on any atom is -0.254 e. The van der Waals surface area contributed by atoms with Crippen molar-refractivity contribution in [2.75, 3.05) is 0 Å². The smallest absolute Gasteiger partial charge is 0.0891 e. The van der Waals surface area contributed by atoms with Gasteiger partial charge in [0.1, 0.15) is 0 Å². The quantitative estimate of drug-likeness (QED) is 0.583. The molecule has 0 aliphatic heterocycles. The van der Waals surface area contributed by atoms with Gasteiger partial charge in [0.2, 0.25) is 0 Å². The van der Waals surface area contributed by atoms with Gasteiger partial charge in [-0.3, -0.25) is 9.97 Å². The van der Waals surface area contributed by atoms with Gasteiger partial charge in [-0.1, -0.05) is 32.0 Å². The molecule has 0 atom stereocenters. The minimum atomic E-state index is 0.499. The monoisotopic (exact) mass is 222 g/mol. The molecular weight excluding hydrogens is 208 g/mol. The Bertz CT molecular complexity index is 687. The van der Waals surface area contributed by atoms with Crippen molar-refractivity contribution in [3.63, 3.8) is 0 Å². The van der Waals surface area contributed by atoms with E-state index < -0.39 is 0 Å². The fraction of sp³-hybridized carbons (Fsp3) is 0.200. The first-order valence-electron chi connectivity index (χ1n) is 5.89. The Kier molecular flexibility index (Phi) is 2.29. The van der Waals surface area contributed by atoms with E-state index in [1.807, 2.05) is 30.6 Å². The summed E-state index contributed by atoms with van der Waals surface area (Å²) in [4.78, 5) is 8.91. The lowest BCUT2D eigenvalue weighted by molar-refractivity contribution is 0.862. The van der Waals surface area contributed by atoms with Crippen LogP contribution in [-0.4, -0.2) is 9.97 Å². The summed E-state index contributed by atoms with van der Waals surface area (Å²) in [7, 11) is 0. The van der Waals surface area contributed by atoms with E-state index >= 15 is 0 Å². The second kappa shape index (κ2) is 3.81. The maximum absolute atomic E-state index is 4.49. The van der Waals surface area contributed by atoms with E-state index in [4.69, 9.17) is 0 Å². The van der Waals surface area contributed by atoms with Gasteiger partial charge in [0.05, 0.1) is 17.2 Å². The highest BCUT2D eigenvalue weighted by Crippen LogP contribution is 2.25. The molecule has 0 aliphatic rings. The molecule has 17 heavy (non-hydrogen) atoms. The van der Waals surface area contributed by atoms with Gasteiger partial charge < -0.3 is 0 Å². The Morgan fingerprint density at radius 1 is 0.882 bits per heavy atom. The van der Waals surface area contributed by atoms with Gasteiger partial charge in [-0.25, -0.2) is 0 Å². The zero-order valence-electron chi connectivity index (χ0n) is 10.0. The van der Waals surface area contributed by atoms with Gasteiger partial charge in [-0.2, -0.15) is 0 Å². The number of rotatable bonds is 1. The van der Waals surface area contributed by atoms with Crippen molar-refractivity contribution in [2.24, 2.45) is 0 Å². The number of nitrogens with zero attached hydrogens (tertiary/aromatic N) is 2. The number of benzene rings is 1. The summed E-state index contributed by atoms with van der Waals surface area (Å²) >= 11 is 0. The summed E-state index contributed by atoms with van der Waals surface area (Å²) in [6.45, 7) is 4.37. The normalized spacial score (nSPS) is 11.5. The summed E-state index contributed by atoms with van der Waals surface area (Å²) in [5.41, 5.74) is 3.27. The molecule has 0 spiro atoms. The molecule has 0 N–H and O–H groups in total. The van der Waals surface area contributed by atoms with Crippen LogP contribution in [0.3, 0.4) is 0 Å². The van der Waals surface area contributed by atoms with Crippen LogP contribution in [0.1, 0.15) is 25.3 Å². The van der Waals surface area contributed by atoms with E-state index in [0.717, 1.165) is 11.0 Å². The van der Waals surface area contributed by atoms with Crippen molar-refractivity contribution in [3.05, 3.63) is 48.3 Å². The van der Waals surface area contributed by atoms with Crippen LogP contribution in [0.2, 0.25) is 0 Å². The molecule has 2 heteroatoms. The highest BCUT2D eigenvalue weighted by atomic mass is 14.7. The maximum atomic E-state index is 4.49. The van der Waals surface area contributed by atoms with Crippen LogP contribution >= 0.6 is 0 Å². The van der Waals surface area contributed by atoms with Crippen LogP contribution in [0, 0.1) is 0 Å². The molecular formula is C15H14N2. The third-order valence-corrected chi connectivity index (χ3v) is 3.13. The molecule has 0 saturated heterocycles. The van der Waals surface area contributed by atoms with Gasteiger partial charge in [0, 0.05) is 17.0 Å². The van der Waals surface area contributed by atoms with Crippen LogP contribution in [0.25, 0.3) is 21.8 Å². The summed E-state index contributed by atoms with van der Waals surface area (Å²) in [5, 5.41) is 2.38. The predicted octanol–water partition coefficient (Wildman–Crippen LogP) is 3.91. The second-order valence-electron chi connectivity index (χ2n) is 4.63. The second-order valence-corrected chi connectivity index (χ2v) is 4.63. The highest BCUT2D eigenvalue weighted by Gasteiger charge is 2.05. The molecule has 2 nitrogen and oxygen atoms in total. The van der Waals surface area contributed by atoms with Crippen LogP contribution < -0.4 is 0 Å². The number of para-hydroxylation sites is 1. The maximum Gasteiger partial charge on any atom is 0.0891 e. The van der Waals surface area contributed by atoms with Crippen LogP contribution in [0.5, 0.6) is 0 Å². The molecule has 0 radical (unpaired) electrons. The molecule has 2 aromatic heterocycles. The molecule has 0 amide bonds. The van der Waals surface area contributed by atoms with E-state index in [9.17, 15) is 0 Å². The van der Waals surface area contributed by atoms with Crippen LogP contribution in [-0.2, 0) is 0 Å². The van der Waals surface area contributed by atoms with Gasteiger partial charge in [-0.05, 0) is 23.6 Å². The summed E-state index contributed by atoms with van der Waals surface area (Å²) in [5.74, 6) is 0.499. The first kappa shape index (κ1) is 10.2. The molecule has 0 fully saturated rings. The van der Waals surface area contributed by atoms with Gasteiger partial charge in [0.25, 0.3) is 0 Å². The molecule has 2 heterocycles. The summed E-state index contributed by atoms with van der Waals surface area (Å²) in [6.07, 6.45) is 3.80. The van der Waals surface area contributed by atoms with Crippen molar-refractivity contribution in [3.8, 4) is 0 Å². The van der Waals surface area contributed by atoms with Crippen molar-refractivity contribution < 1.29 is 0 Å². The van der Waals surface area contributed by atoms with Crippen LogP contribution in [0.4, 0.5) is 0 Å². The molecule has 3 aromatic rings. The molecule has 3 rings (SSSR count). The third kappa shape index (κ3) is 1.66. The third-order valence-electron chi connectivity index (χ3n) is 3.13. The van der Waals surface area contributed by atoms with Crippen molar-refractivity contribution in [1.82, 2.24) is 9.97 Å². The average molecular weight is 222 g/mol. The van der Waals surface area contributed by atoms with E-state index in [1.165, 1.54) is 16.3 Å². The van der Waals surface area contributed by atoms with E-state index in [-0.39, 0.29) is 0 Å². The molecule has 0 aliphatic carbocycles. The largest absolute Gasteiger partial charge is 0.254 e. The number of pyridine rings is 2. The Morgan fingerprint density at radius 2 is 1.65 bits per heavy atom. The zero-order chi connectivity index (χ0) is 11.8. The molecule has 84 valence electrons. The lowest BCUT2D eigenvalue weighted by atomic mass is 10.0. The molecule has 1 aromatic carbocycles. The Balaban J connectivity index is 2.42. The Morgan fingerprint density at radius 3 is 2.47 bits per heavy atom. The van der Waals surface area contributed by atoms with Gasteiger partial charge in [-0.15, -0.1) is 0 Å². The van der Waals surface area contributed by atoms with Gasteiger partial charge >= 0.3 is 0 Å². The number of fused-ring (bicyclic) bond motifs is 3. The Hall–Kier alpha value is -1.96. The summed E-state index contributed by atoms with van der Waals surface area (Å²) in [6, 6.07) is 10.4. The highest BCUT2D eigenvalue weighted by molar-refractivity contribution is 6.03. The molecule has 0 bridgehead atoms. The lowest BCUT2D eigenvalue weighted by Gasteiger charge is -2.07. The van der Waals surface area contributed by atoms with Gasteiger partial charge in [0.15, 0.2) is 0 Å². The molecule has 0 saturated carbocycles. The van der Waals surface area contributed by atoms with Crippen molar-refractivity contribution >= 4 is 21.8 Å². The fourth-order valence-corrected chi connectivity index (χ4v) is 2.07. The SMILES string of the molecule is CC(C)c1cnc2cnc3ccccc3c2c1. The standard InChI is InChI=1S/C15H14N2/c1-10(2)11-7-13-12-5-3-4-6-14(12)17-9-15(13)16-8-11/h3-10H,1-2H3. The van der Waals surface area contributed by atoms with Crippen molar-refractivity contribution in [2.45, 2.75) is 19.8 Å². The lowest BCUT2D eigenvalue weighted by Crippen LogP contribution is -1.91. The first-order chi connectivity index (χ1) is 8.25. The number of hydrogen-bond donors (Lipinski definition) is 0. The fourth-order valence-electron chi connectivity index (χ4n) is 2.07. The summed E-state index contributed by atoms with van der Waals surface area (Å²) < 4.78 is 0.